The second kappa shape index (κ2) is 8.23. The predicted octanol–water partition coefficient (Wildman–Crippen LogP) is 6.31. The van der Waals surface area contributed by atoms with E-state index in [4.69, 9.17) is 9.47 Å². The molecule has 0 heterocycles. The Morgan fingerprint density at radius 3 is 2.40 bits per heavy atom. The van der Waals surface area contributed by atoms with Gasteiger partial charge >= 0.3 is 0 Å². The third kappa shape index (κ3) is 5.47. The molecule has 2 heteroatoms. The van der Waals surface area contributed by atoms with Gasteiger partial charge in [0.05, 0.1) is 0 Å². The van der Waals surface area contributed by atoms with Crippen LogP contribution in [0.4, 0.5) is 0 Å². The van der Waals surface area contributed by atoms with Crippen LogP contribution in [0.25, 0.3) is 10.8 Å². The maximum atomic E-state index is 6.03. The van der Waals surface area contributed by atoms with Crippen LogP contribution in [0.1, 0.15) is 58.2 Å². The summed E-state index contributed by atoms with van der Waals surface area (Å²) in [6.45, 7) is 16.5. The number of hydrogen-bond acceptors (Lipinski definition) is 2. The minimum atomic E-state index is 0.195. The number of fused-ring (bicyclic) bond motifs is 1. The molecule has 0 amide bonds. The quantitative estimate of drug-likeness (QED) is 0.434. The molecule has 0 bridgehead atoms. The molecule has 25 heavy (non-hydrogen) atoms. The lowest BCUT2D eigenvalue weighted by Gasteiger charge is -2.24. The molecule has 2 aromatic carbocycles. The van der Waals surface area contributed by atoms with Crippen molar-refractivity contribution < 1.29 is 9.47 Å². The molecule has 0 saturated carbocycles. The first-order chi connectivity index (χ1) is 11.7. The molecule has 0 aliphatic carbocycles. The lowest BCUT2D eigenvalue weighted by molar-refractivity contribution is 0.0213. The van der Waals surface area contributed by atoms with Crippen LogP contribution in [0.15, 0.2) is 24.3 Å². The Balaban J connectivity index is 2.54. The van der Waals surface area contributed by atoms with Crippen molar-refractivity contribution in [1.29, 1.82) is 0 Å². The summed E-state index contributed by atoms with van der Waals surface area (Å²) >= 11 is 0. The molecule has 0 radical (unpaired) electrons. The minimum Gasteiger partial charge on any atom is -0.467 e. The van der Waals surface area contributed by atoms with Gasteiger partial charge in [0.15, 0.2) is 6.79 Å². The number of hydrogen-bond donors (Lipinski definition) is 0. The molecule has 0 aliphatic rings. The first kappa shape index (κ1) is 19.8. The van der Waals surface area contributed by atoms with E-state index in [9.17, 15) is 0 Å². The number of ether oxygens (including phenoxy) is 2. The van der Waals surface area contributed by atoms with Crippen molar-refractivity contribution in [1.82, 2.24) is 0 Å². The monoisotopic (exact) mass is 342 g/mol. The SMILES string of the molecule is CCOCOc1c(C)cc2cc(CC(C)C)ccc2c1CC(C)(C)C. The van der Waals surface area contributed by atoms with Gasteiger partial charge in [0.25, 0.3) is 0 Å². The Labute approximate surface area is 153 Å². The summed E-state index contributed by atoms with van der Waals surface area (Å²) in [4.78, 5) is 0. The van der Waals surface area contributed by atoms with Crippen LogP contribution >= 0.6 is 0 Å². The van der Waals surface area contributed by atoms with E-state index in [0.29, 0.717) is 19.3 Å². The van der Waals surface area contributed by atoms with Gasteiger partial charge in [-0.3, -0.25) is 0 Å². The van der Waals surface area contributed by atoms with E-state index >= 15 is 0 Å². The molecule has 0 saturated heterocycles. The van der Waals surface area contributed by atoms with E-state index in [2.05, 4.69) is 65.8 Å². The van der Waals surface area contributed by atoms with Crippen LogP contribution in [0, 0.1) is 18.3 Å². The van der Waals surface area contributed by atoms with Crippen LogP contribution in [0.2, 0.25) is 0 Å². The lowest BCUT2D eigenvalue weighted by Crippen LogP contribution is -2.13. The molecular formula is C23H34O2. The van der Waals surface area contributed by atoms with Gasteiger partial charge in [-0.1, -0.05) is 52.8 Å². The maximum Gasteiger partial charge on any atom is 0.189 e. The van der Waals surface area contributed by atoms with Gasteiger partial charge in [-0.05, 0) is 66.0 Å². The highest BCUT2D eigenvalue weighted by Crippen LogP contribution is 2.37. The Morgan fingerprint density at radius 1 is 1.08 bits per heavy atom. The van der Waals surface area contributed by atoms with Crippen molar-refractivity contribution in [2.45, 2.75) is 61.3 Å². The van der Waals surface area contributed by atoms with Crippen molar-refractivity contribution in [3.05, 3.63) is 41.0 Å². The van der Waals surface area contributed by atoms with Gasteiger partial charge < -0.3 is 9.47 Å². The van der Waals surface area contributed by atoms with Crippen molar-refractivity contribution in [2.24, 2.45) is 11.3 Å². The Bertz CT molecular complexity index is 708. The maximum absolute atomic E-state index is 6.03. The fourth-order valence-corrected chi connectivity index (χ4v) is 3.35. The van der Waals surface area contributed by atoms with Crippen molar-refractivity contribution in [3.8, 4) is 5.75 Å². The highest BCUT2D eigenvalue weighted by atomic mass is 16.7. The summed E-state index contributed by atoms with van der Waals surface area (Å²) in [5, 5.41) is 2.62. The third-order valence-electron chi connectivity index (χ3n) is 4.29. The first-order valence-corrected chi connectivity index (χ1v) is 9.47. The Morgan fingerprint density at radius 2 is 1.80 bits per heavy atom. The van der Waals surface area contributed by atoms with Gasteiger partial charge in [-0.25, -0.2) is 0 Å². The largest absolute Gasteiger partial charge is 0.467 e. The van der Waals surface area contributed by atoms with E-state index in [-0.39, 0.29) is 5.41 Å². The topological polar surface area (TPSA) is 18.5 Å². The first-order valence-electron chi connectivity index (χ1n) is 9.47. The molecule has 138 valence electrons. The fraction of sp³-hybridized carbons (Fsp3) is 0.565. The molecule has 0 fully saturated rings. The molecular weight excluding hydrogens is 308 g/mol. The van der Waals surface area contributed by atoms with Gasteiger partial charge in [0.1, 0.15) is 5.75 Å². The van der Waals surface area contributed by atoms with Gasteiger partial charge in [0.2, 0.25) is 0 Å². The van der Waals surface area contributed by atoms with Crippen LogP contribution < -0.4 is 4.74 Å². The van der Waals surface area contributed by atoms with Crippen LogP contribution in [0.3, 0.4) is 0 Å². The summed E-state index contributed by atoms with van der Waals surface area (Å²) in [5.41, 5.74) is 4.10. The molecule has 0 N–H and O–H groups in total. The van der Waals surface area contributed by atoms with E-state index in [1.807, 2.05) is 6.92 Å². The zero-order valence-corrected chi connectivity index (χ0v) is 17.0. The fourth-order valence-electron chi connectivity index (χ4n) is 3.35. The van der Waals surface area contributed by atoms with Crippen LogP contribution in [-0.4, -0.2) is 13.4 Å². The highest BCUT2D eigenvalue weighted by molar-refractivity contribution is 5.89. The van der Waals surface area contributed by atoms with Crippen molar-refractivity contribution in [2.75, 3.05) is 13.4 Å². The lowest BCUT2D eigenvalue weighted by atomic mass is 9.84. The highest BCUT2D eigenvalue weighted by Gasteiger charge is 2.20. The van der Waals surface area contributed by atoms with E-state index in [1.165, 1.54) is 27.5 Å². The predicted molar refractivity (Wildman–Crippen MR) is 108 cm³/mol. The van der Waals surface area contributed by atoms with Crippen molar-refractivity contribution >= 4 is 10.8 Å². The summed E-state index contributed by atoms with van der Waals surface area (Å²) in [6.07, 6.45) is 2.10. The smallest absolute Gasteiger partial charge is 0.189 e. The number of aryl methyl sites for hydroxylation is 1. The van der Waals surface area contributed by atoms with Gasteiger partial charge in [-0.15, -0.1) is 0 Å². The van der Waals surface area contributed by atoms with E-state index in [1.54, 1.807) is 0 Å². The summed E-state index contributed by atoms with van der Waals surface area (Å²) in [5.74, 6) is 1.66. The average molecular weight is 343 g/mol. The zero-order valence-electron chi connectivity index (χ0n) is 17.0. The molecule has 2 rings (SSSR count). The van der Waals surface area contributed by atoms with E-state index < -0.39 is 0 Å². The molecule has 0 aliphatic heterocycles. The van der Waals surface area contributed by atoms with Crippen molar-refractivity contribution in [3.63, 3.8) is 0 Å². The molecule has 2 nitrogen and oxygen atoms in total. The zero-order chi connectivity index (χ0) is 18.6. The minimum absolute atomic E-state index is 0.195. The third-order valence-corrected chi connectivity index (χ3v) is 4.29. The molecule has 0 aromatic heterocycles. The van der Waals surface area contributed by atoms with Crippen LogP contribution in [-0.2, 0) is 17.6 Å². The van der Waals surface area contributed by atoms with Gasteiger partial charge in [-0.2, -0.15) is 0 Å². The van der Waals surface area contributed by atoms with E-state index in [0.717, 1.165) is 18.6 Å². The Hall–Kier alpha value is -1.54. The summed E-state index contributed by atoms with van der Waals surface area (Å²) < 4.78 is 11.5. The molecule has 0 atom stereocenters. The van der Waals surface area contributed by atoms with Gasteiger partial charge in [0, 0.05) is 12.2 Å². The average Bonchev–Trinajstić information content (AvgIpc) is 2.48. The molecule has 2 aromatic rings. The number of rotatable bonds is 7. The standard InChI is InChI=1S/C23H34O2/c1-8-24-15-25-22-17(4)12-19-13-18(11-16(2)3)9-10-20(19)21(22)14-23(5,6)7/h9-10,12-13,16H,8,11,14-15H2,1-7H3. The molecule has 0 unspecified atom stereocenters. The molecule has 0 spiro atoms. The summed E-state index contributed by atoms with van der Waals surface area (Å²) in [6, 6.07) is 9.16. The normalized spacial score (nSPS) is 12.2. The second-order valence-corrected chi connectivity index (χ2v) is 8.65. The summed E-state index contributed by atoms with van der Waals surface area (Å²) in [7, 11) is 0. The Kier molecular flexibility index (Phi) is 6.51. The van der Waals surface area contributed by atoms with Crippen LogP contribution in [0.5, 0.6) is 5.75 Å². The number of benzene rings is 2. The second-order valence-electron chi connectivity index (χ2n) is 8.65.